The summed E-state index contributed by atoms with van der Waals surface area (Å²) < 4.78 is 1.96. The molecule has 0 atom stereocenters. The highest BCUT2D eigenvalue weighted by Crippen LogP contribution is 2.14. The van der Waals surface area contributed by atoms with Crippen LogP contribution in [0.4, 0.5) is 0 Å². The lowest BCUT2D eigenvalue weighted by molar-refractivity contribution is 0.602. The van der Waals surface area contributed by atoms with Crippen LogP contribution in [0.1, 0.15) is 32.8 Å². The molecule has 0 spiro atoms. The lowest BCUT2D eigenvalue weighted by Crippen LogP contribution is -1.95. The number of nitrogens with zero attached hydrogens (tertiary/aromatic N) is 2. The molecular weight excluding hydrogens is 172 g/mol. The number of hydrogen-bond acceptors (Lipinski definition) is 1. The van der Waals surface area contributed by atoms with Crippen molar-refractivity contribution in [3.8, 4) is 0 Å². The third-order valence-electron chi connectivity index (χ3n) is 1.92. The van der Waals surface area contributed by atoms with Crippen molar-refractivity contribution in [1.29, 1.82) is 0 Å². The van der Waals surface area contributed by atoms with Crippen LogP contribution in [-0.4, -0.2) is 9.78 Å². The molecule has 0 N–H and O–H groups in total. The number of aromatic nitrogens is 2. The van der Waals surface area contributed by atoms with Gasteiger partial charge in [-0.25, -0.2) is 0 Å². The van der Waals surface area contributed by atoms with Crippen molar-refractivity contribution in [3.63, 3.8) is 0 Å². The lowest BCUT2D eigenvalue weighted by Gasteiger charge is -1.97. The van der Waals surface area contributed by atoms with Gasteiger partial charge in [-0.05, 0) is 25.8 Å². The van der Waals surface area contributed by atoms with E-state index in [0.717, 1.165) is 24.1 Å². The summed E-state index contributed by atoms with van der Waals surface area (Å²) in [5.41, 5.74) is 3.41. The predicted molar refractivity (Wildman–Crippen MR) is 61.0 cm³/mol. The van der Waals surface area contributed by atoms with E-state index in [-0.39, 0.29) is 0 Å². The van der Waals surface area contributed by atoms with Crippen LogP contribution in [0.5, 0.6) is 0 Å². The first-order valence-electron chi connectivity index (χ1n) is 5.00. The smallest absolute Gasteiger partial charge is 0.0568 e. The van der Waals surface area contributed by atoms with Gasteiger partial charge in [0.25, 0.3) is 0 Å². The van der Waals surface area contributed by atoms with Gasteiger partial charge in [0, 0.05) is 18.3 Å². The minimum atomic E-state index is 0.974. The third-order valence-corrected chi connectivity index (χ3v) is 1.92. The zero-order valence-electron chi connectivity index (χ0n) is 9.25. The van der Waals surface area contributed by atoms with Gasteiger partial charge in [0.15, 0.2) is 0 Å². The summed E-state index contributed by atoms with van der Waals surface area (Å²) in [6, 6.07) is 0. The fraction of sp³-hybridized carbons (Fsp3) is 0.417. The Bertz CT molecular complexity index is 341. The SMILES string of the molecule is C=C(C=C(C)C)c1cnn(CCC)c1. The van der Waals surface area contributed by atoms with Crippen LogP contribution in [-0.2, 0) is 6.54 Å². The average Bonchev–Trinajstić information content (AvgIpc) is 2.52. The summed E-state index contributed by atoms with van der Waals surface area (Å²) in [7, 11) is 0. The number of aryl methyl sites for hydroxylation is 1. The van der Waals surface area contributed by atoms with Crippen LogP contribution in [0.25, 0.3) is 5.57 Å². The van der Waals surface area contributed by atoms with Gasteiger partial charge in [0.1, 0.15) is 0 Å². The van der Waals surface area contributed by atoms with Crippen molar-refractivity contribution in [2.45, 2.75) is 33.7 Å². The van der Waals surface area contributed by atoms with Crippen LogP contribution < -0.4 is 0 Å². The maximum absolute atomic E-state index is 4.26. The zero-order valence-corrected chi connectivity index (χ0v) is 9.25. The molecule has 1 rings (SSSR count). The Morgan fingerprint density at radius 2 is 2.29 bits per heavy atom. The molecule has 0 saturated heterocycles. The van der Waals surface area contributed by atoms with E-state index in [2.05, 4.69) is 38.5 Å². The summed E-state index contributed by atoms with van der Waals surface area (Å²) in [6.45, 7) is 11.3. The number of rotatable bonds is 4. The minimum absolute atomic E-state index is 0.974. The Hall–Kier alpha value is -1.31. The molecule has 0 aromatic carbocycles. The van der Waals surface area contributed by atoms with Crippen LogP contribution in [0.15, 0.2) is 30.6 Å². The molecule has 0 bridgehead atoms. The van der Waals surface area contributed by atoms with Crippen LogP contribution in [0.2, 0.25) is 0 Å². The molecular formula is C12H18N2. The van der Waals surface area contributed by atoms with Crippen LogP contribution in [0, 0.1) is 0 Å². The maximum Gasteiger partial charge on any atom is 0.0568 e. The summed E-state index contributed by atoms with van der Waals surface area (Å²) in [5.74, 6) is 0. The number of allylic oxidation sites excluding steroid dienone is 3. The molecule has 0 radical (unpaired) electrons. The Labute approximate surface area is 85.9 Å². The van der Waals surface area contributed by atoms with Gasteiger partial charge in [0.05, 0.1) is 6.20 Å². The molecule has 14 heavy (non-hydrogen) atoms. The van der Waals surface area contributed by atoms with Gasteiger partial charge < -0.3 is 0 Å². The summed E-state index contributed by atoms with van der Waals surface area (Å²) >= 11 is 0. The second kappa shape index (κ2) is 4.80. The molecule has 0 aliphatic carbocycles. The van der Waals surface area contributed by atoms with Crippen molar-refractivity contribution in [3.05, 3.63) is 36.2 Å². The third kappa shape index (κ3) is 2.87. The van der Waals surface area contributed by atoms with E-state index in [1.54, 1.807) is 0 Å². The molecule has 2 nitrogen and oxygen atoms in total. The molecule has 0 fully saturated rings. The average molecular weight is 190 g/mol. The lowest BCUT2D eigenvalue weighted by atomic mass is 10.1. The number of hydrogen-bond donors (Lipinski definition) is 0. The Morgan fingerprint density at radius 1 is 1.57 bits per heavy atom. The van der Waals surface area contributed by atoms with Gasteiger partial charge in [0.2, 0.25) is 0 Å². The molecule has 0 amide bonds. The van der Waals surface area contributed by atoms with Gasteiger partial charge in [-0.3, -0.25) is 4.68 Å². The minimum Gasteiger partial charge on any atom is -0.272 e. The molecule has 76 valence electrons. The molecule has 2 heteroatoms. The molecule has 0 saturated carbocycles. The highest BCUT2D eigenvalue weighted by molar-refractivity contribution is 5.71. The van der Waals surface area contributed by atoms with E-state index in [0.29, 0.717) is 0 Å². The highest BCUT2D eigenvalue weighted by Gasteiger charge is 1.99. The summed E-state index contributed by atoms with van der Waals surface area (Å²) in [5, 5.41) is 4.26. The van der Waals surface area contributed by atoms with E-state index in [4.69, 9.17) is 0 Å². The van der Waals surface area contributed by atoms with E-state index in [1.165, 1.54) is 5.57 Å². The first-order chi connectivity index (χ1) is 6.63. The fourth-order valence-electron chi connectivity index (χ4n) is 1.31. The Balaban J connectivity index is 2.76. The van der Waals surface area contributed by atoms with Crippen molar-refractivity contribution >= 4 is 5.57 Å². The van der Waals surface area contributed by atoms with E-state index < -0.39 is 0 Å². The Kier molecular flexibility index (Phi) is 3.69. The molecule has 1 aromatic rings. The van der Waals surface area contributed by atoms with Crippen LogP contribution >= 0.6 is 0 Å². The monoisotopic (exact) mass is 190 g/mol. The van der Waals surface area contributed by atoms with E-state index in [1.807, 2.05) is 17.1 Å². The van der Waals surface area contributed by atoms with Gasteiger partial charge in [-0.15, -0.1) is 0 Å². The first-order valence-corrected chi connectivity index (χ1v) is 5.00. The standard InChI is InChI=1S/C12H18N2/c1-5-6-14-9-12(8-13-14)11(4)7-10(2)3/h7-9H,4-6H2,1-3H3. The topological polar surface area (TPSA) is 17.8 Å². The summed E-state index contributed by atoms with van der Waals surface area (Å²) in [4.78, 5) is 0. The normalized spacial score (nSPS) is 9.93. The highest BCUT2D eigenvalue weighted by atomic mass is 15.3. The second-order valence-electron chi connectivity index (χ2n) is 3.74. The predicted octanol–water partition coefficient (Wildman–Crippen LogP) is 3.27. The van der Waals surface area contributed by atoms with Crippen LogP contribution in [0.3, 0.4) is 0 Å². The zero-order chi connectivity index (χ0) is 10.6. The van der Waals surface area contributed by atoms with Crippen molar-refractivity contribution < 1.29 is 0 Å². The van der Waals surface area contributed by atoms with Gasteiger partial charge in [-0.2, -0.15) is 5.10 Å². The largest absolute Gasteiger partial charge is 0.272 e. The van der Waals surface area contributed by atoms with E-state index in [9.17, 15) is 0 Å². The Morgan fingerprint density at radius 3 is 2.86 bits per heavy atom. The quantitative estimate of drug-likeness (QED) is 0.666. The summed E-state index contributed by atoms with van der Waals surface area (Å²) in [6.07, 6.45) is 7.10. The molecule has 0 unspecified atom stereocenters. The van der Waals surface area contributed by atoms with Crippen molar-refractivity contribution in [1.82, 2.24) is 9.78 Å². The molecule has 1 heterocycles. The fourth-order valence-corrected chi connectivity index (χ4v) is 1.31. The second-order valence-corrected chi connectivity index (χ2v) is 3.74. The first kappa shape index (κ1) is 10.8. The van der Waals surface area contributed by atoms with Gasteiger partial charge in [-0.1, -0.05) is 25.2 Å². The van der Waals surface area contributed by atoms with E-state index >= 15 is 0 Å². The molecule has 0 aliphatic rings. The van der Waals surface area contributed by atoms with Gasteiger partial charge >= 0.3 is 0 Å². The van der Waals surface area contributed by atoms with Crippen molar-refractivity contribution in [2.75, 3.05) is 0 Å². The van der Waals surface area contributed by atoms with Crippen molar-refractivity contribution in [2.24, 2.45) is 0 Å². The molecule has 1 aromatic heterocycles. The molecule has 0 aliphatic heterocycles. The maximum atomic E-state index is 4.26.